The Labute approximate surface area is 113 Å². The highest BCUT2D eigenvalue weighted by Gasteiger charge is 2.24. The zero-order valence-corrected chi connectivity index (χ0v) is 12.5. The zero-order chi connectivity index (χ0) is 13.0. The fourth-order valence-electron chi connectivity index (χ4n) is 3.33. The molecular weight excluding hydrogens is 222 g/mol. The van der Waals surface area contributed by atoms with Crippen LogP contribution in [0, 0.1) is 5.92 Å². The summed E-state index contributed by atoms with van der Waals surface area (Å²) >= 11 is 0. The Hall–Kier alpha value is -0.120. The maximum absolute atomic E-state index is 3.65. The lowest BCUT2D eigenvalue weighted by atomic mass is 9.93. The molecule has 0 aromatic heterocycles. The number of rotatable bonds is 3. The topological polar surface area (TPSA) is 18.5 Å². The zero-order valence-electron chi connectivity index (χ0n) is 12.5. The van der Waals surface area contributed by atoms with E-state index in [9.17, 15) is 0 Å². The lowest BCUT2D eigenvalue weighted by Gasteiger charge is -2.33. The summed E-state index contributed by atoms with van der Waals surface area (Å²) in [6.45, 7) is 12.2. The molecule has 18 heavy (non-hydrogen) atoms. The third-order valence-electron chi connectivity index (χ3n) is 4.57. The van der Waals surface area contributed by atoms with Crippen molar-refractivity contribution in [3.63, 3.8) is 0 Å². The Balaban J connectivity index is 1.72. The van der Waals surface area contributed by atoms with E-state index in [4.69, 9.17) is 0 Å². The highest BCUT2D eigenvalue weighted by molar-refractivity contribution is 4.85. The van der Waals surface area contributed by atoms with E-state index >= 15 is 0 Å². The van der Waals surface area contributed by atoms with Gasteiger partial charge in [-0.1, -0.05) is 0 Å². The normalized spacial score (nSPS) is 28.2. The van der Waals surface area contributed by atoms with E-state index in [-0.39, 0.29) is 0 Å². The molecule has 106 valence electrons. The van der Waals surface area contributed by atoms with Crippen molar-refractivity contribution in [2.24, 2.45) is 5.92 Å². The molecule has 0 aliphatic carbocycles. The Morgan fingerprint density at radius 3 is 2.61 bits per heavy atom. The second-order valence-electron chi connectivity index (χ2n) is 6.98. The van der Waals surface area contributed by atoms with Crippen LogP contribution in [0.1, 0.15) is 39.5 Å². The highest BCUT2D eigenvalue weighted by Crippen LogP contribution is 2.20. The first-order valence-electron chi connectivity index (χ1n) is 7.71. The van der Waals surface area contributed by atoms with Crippen molar-refractivity contribution in [2.45, 2.75) is 45.1 Å². The molecule has 0 aromatic carbocycles. The number of hydrogen-bond acceptors (Lipinski definition) is 3. The summed E-state index contributed by atoms with van der Waals surface area (Å²) in [5.74, 6) is 0.973. The Morgan fingerprint density at radius 1 is 1.17 bits per heavy atom. The lowest BCUT2D eigenvalue weighted by molar-refractivity contribution is 0.176. The van der Waals surface area contributed by atoms with E-state index in [2.05, 4.69) is 36.0 Å². The van der Waals surface area contributed by atoms with Crippen LogP contribution in [0.25, 0.3) is 0 Å². The monoisotopic (exact) mass is 253 g/mol. The maximum atomic E-state index is 3.65. The highest BCUT2D eigenvalue weighted by atomic mass is 15.2. The van der Waals surface area contributed by atoms with Crippen LogP contribution >= 0.6 is 0 Å². The van der Waals surface area contributed by atoms with Gasteiger partial charge in [0.05, 0.1) is 0 Å². The molecule has 0 saturated carbocycles. The van der Waals surface area contributed by atoms with Crippen LogP contribution in [-0.4, -0.2) is 61.7 Å². The summed E-state index contributed by atoms with van der Waals surface area (Å²) in [5, 5.41) is 3.65. The first-order valence-corrected chi connectivity index (χ1v) is 7.71. The molecule has 2 aliphatic rings. The van der Waals surface area contributed by atoms with Gasteiger partial charge in [-0.05, 0) is 85.2 Å². The standard InChI is InChI=1S/C15H31N3/c1-15(2)13-18(9-4-8-16-15)12-7-14-5-10-17(3)11-6-14/h14,16H,4-13H2,1-3H3. The summed E-state index contributed by atoms with van der Waals surface area (Å²) in [4.78, 5) is 5.15. The molecule has 0 atom stereocenters. The smallest absolute Gasteiger partial charge is 0.0252 e. The van der Waals surface area contributed by atoms with Gasteiger partial charge in [-0.15, -0.1) is 0 Å². The van der Waals surface area contributed by atoms with Gasteiger partial charge in [0.1, 0.15) is 0 Å². The van der Waals surface area contributed by atoms with Crippen LogP contribution in [0.4, 0.5) is 0 Å². The number of likely N-dealkylation sites (tertiary alicyclic amines) is 1. The minimum absolute atomic E-state index is 0.295. The molecule has 1 N–H and O–H groups in total. The summed E-state index contributed by atoms with van der Waals surface area (Å²) in [5.41, 5.74) is 0.295. The van der Waals surface area contributed by atoms with Gasteiger partial charge in [0.2, 0.25) is 0 Å². The fraction of sp³-hybridized carbons (Fsp3) is 1.00. The summed E-state index contributed by atoms with van der Waals surface area (Å²) in [7, 11) is 2.25. The Morgan fingerprint density at radius 2 is 1.89 bits per heavy atom. The maximum Gasteiger partial charge on any atom is 0.0252 e. The van der Waals surface area contributed by atoms with Crippen molar-refractivity contribution in [3.8, 4) is 0 Å². The summed E-state index contributed by atoms with van der Waals surface area (Å²) < 4.78 is 0. The quantitative estimate of drug-likeness (QED) is 0.827. The predicted molar refractivity (Wildman–Crippen MR) is 78.0 cm³/mol. The molecule has 3 heteroatoms. The molecule has 2 saturated heterocycles. The van der Waals surface area contributed by atoms with Crippen molar-refractivity contribution in [1.29, 1.82) is 0 Å². The van der Waals surface area contributed by atoms with Gasteiger partial charge in [0.25, 0.3) is 0 Å². The van der Waals surface area contributed by atoms with Crippen molar-refractivity contribution in [2.75, 3.05) is 46.3 Å². The Kier molecular flexibility index (Phi) is 5.05. The van der Waals surface area contributed by atoms with Crippen LogP contribution in [0.5, 0.6) is 0 Å². The SMILES string of the molecule is CN1CCC(CCN2CCCNC(C)(C)C2)CC1. The van der Waals surface area contributed by atoms with E-state index in [1.54, 1.807) is 0 Å². The fourth-order valence-corrected chi connectivity index (χ4v) is 3.33. The summed E-state index contributed by atoms with van der Waals surface area (Å²) in [6, 6.07) is 0. The van der Waals surface area contributed by atoms with Crippen LogP contribution in [0.15, 0.2) is 0 Å². The summed E-state index contributed by atoms with van der Waals surface area (Å²) in [6.07, 6.45) is 5.53. The van der Waals surface area contributed by atoms with E-state index in [1.165, 1.54) is 65.0 Å². The average Bonchev–Trinajstić information content (AvgIpc) is 2.49. The minimum Gasteiger partial charge on any atom is -0.310 e. The molecule has 2 fully saturated rings. The Bertz CT molecular complexity index is 244. The number of nitrogens with zero attached hydrogens (tertiary/aromatic N) is 2. The van der Waals surface area contributed by atoms with Crippen molar-refractivity contribution in [3.05, 3.63) is 0 Å². The molecule has 0 bridgehead atoms. The van der Waals surface area contributed by atoms with Crippen LogP contribution in [0.3, 0.4) is 0 Å². The molecule has 0 unspecified atom stereocenters. The lowest BCUT2D eigenvalue weighted by Crippen LogP contribution is -2.46. The van der Waals surface area contributed by atoms with E-state index in [1.807, 2.05) is 0 Å². The molecule has 3 nitrogen and oxygen atoms in total. The third kappa shape index (κ3) is 4.52. The van der Waals surface area contributed by atoms with Crippen LogP contribution in [-0.2, 0) is 0 Å². The second kappa shape index (κ2) is 6.36. The van der Waals surface area contributed by atoms with Gasteiger partial charge < -0.3 is 15.1 Å². The van der Waals surface area contributed by atoms with E-state index < -0.39 is 0 Å². The predicted octanol–water partition coefficient (Wildman–Crippen LogP) is 1.79. The van der Waals surface area contributed by atoms with Gasteiger partial charge in [-0.25, -0.2) is 0 Å². The number of nitrogens with one attached hydrogen (secondary N) is 1. The van der Waals surface area contributed by atoms with Gasteiger partial charge >= 0.3 is 0 Å². The first-order chi connectivity index (χ1) is 8.55. The molecule has 0 radical (unpaired) electrons. The molecule has 0 spiro atoms. The molecule has 2 aliphatic heterocycles. The first kappa shape index (κ1) is 14.3. The van der Waals surface area contributed by atoms with Crippen molar-refractivity contribution < 1.29 is 0 Å². The van der Waals surface area contributed by atoms with Gasteiger partial charge in [0.15, 0.2) is 0 Å². The van der Waals surface area contributed by atoms with Crippen LogP contribution in [0.2, 0.25) is 0 Å². The van der Waals surface area contributed by atoms with Crippen molar-refractivity contribution >= 4 is 0 Å². The molecule has 2 heterocycles. The molecule has 2 rings (SSSR count). The second-order valence-corrected chi connectivity index (χ2v) is 6.98. The number of piperidine rings is 1. The number of hydrogen-bond donors (Lipinski definition) is 1. The van der Waals surface area contributed by atoms with Gasteiger partial charge in [0, 0.05) is 12.1 Å². The van der Waals surface area contributed by atoms with Gasteiger partial charge in [-0.2, -0.15) is 0 Å². The van der Waals surface area contributed by atoms with Gasteiger partial charge in [-0.3, -0.25) is 0 Å². The largest absolute Gasteiger partial charge is 0.310 e. The minimum atomic E-state index is 0.295. The van der Waals surface area contributed by atoms with E-state index in [0.717, 1.165) is 5.92 Å². The van der Waals surface area contributed by atoms with Crippen molar-refractivity contribution in [1.82, 2.24) is 15.1 Å². The van der Waals surface area contributed by atoms with Crippen LogP contribution < -0.4 is 5.32 Å². The molecule has 0 amide bonds. The average molecular weight is 253 g/mol. The molecular formula is C15H31N3. The third-order valence-corrected chi connectivity index (χ3v) is 4.57. The molecule has 0 aromatic rings. The van der Waals surface area contributed by atoms with E-state index in [0.29, 0.717) is 5.54 Å².